The third-order valence-electron chi connectivity index (χ3n) is 10.6. The van der Waals surface area contributed by atoms with Crippen molar-refractivity contribution in [2.45, 2.75) is 19.3 Å². The van der Waals surface area contributed by atoms with Crippen LogP contribution in [0.5, 0.6) is 0 Å². The highest BCUT2D eigenvalue weighted by Gasteiger charge is 2.35. The molecule has 0 aromatic heterocycles. The van der Waals surface area contributed by atoms with E-state index in [-0.39, 0.29) is 5.41 Å². The summed E-state index contributed by atoms with van der Waals surface area (Å²) in [6.45, 7) is 4.71. The van der Waals surface area contributed by atoms with Gasteiger partial charge in [-0.1, -0.05) is 141 Å². The van der Waals surface area contributed by atoms with Gasteiger partial charge in [0.05, 0.1) is 0 Å². The minimum absolute atomic E-state index is 0.0125. The molecule has 8 aromatic rings. The van der Waals surface area contributed by atoms with E-state index < -0.39 is 0 Å². The lowest BCUT2D eigenvalue weighted by atomic mass is 9.81. The van der Waals surface area contributed by atoms with E-state index in [0.29, 0.717) is 0 Å². The first-order chi connectivity index (χ1) is 22.1. The molecule has 0 saturated heterocycles. The first-order valence-corrected chi connectivity index (χ1v) is 15.9. The maximum atomic E-state index is 2.43. The van der Waals surface area contributed by atoms with Gasteiger partial charge in [0.25, 0.3) is 0 Å². The van der Waals surface area contributed by atoms with Crippen LogP contribution in [0, 0.1) is 0 Å². The Morgan fingerprint density at radius 1 is 0.333 bits per heavy atom. The molecule has 0 amide bonds. The fourth-order valence-corrected chi connectivity index (χ4v) is 8.43. The van der Waals surface area contributed by atoms with Crippen molar-refractivity contribution >= 4 is 32.3 Å². The second-order valence-electron chi connectivity index (χ2n) is 13.3. The van der Waals surface area contributed by atoms with Crippen LogP contribution in [-0.4, -0.2) is 0 Å². The summed E-state index contributed by atoms with van der Waals surface area (Å²) < 4.78 is 0. The summed E-state index contributed by atoms with van der Waals surface area (Å²) in [7, 11) is 0. The van der Waals surface area contributed by atoms with Crippen LogP contribution < -0.4 is 0 Å². The molecule has 0 bridgehead atoms. The molecule has 10 rings (SSSR count). The molecule has 0 heteroatoms. The van der Waals surface area contributed by atoms with Crippen LogP contribution in [0.3, 0.4) is 0 Å². The van der Waals surface area contributed by atoms with E-state index >= 15 is 0 Å². The molecule has 0 heterocycles. The Labute approximate surface area is 263 Å². The molecule has 0 aliphatic heterocycles. The topological polar surface area (TPSA) is 0 Å². The predicted molar refractivity (Wildman–Crippen MR) is 192 cm³/mol. The molecule has 2 aliphatic rings. The van der Waals surface area contributed by atoms with Gasteiger partial charge in [-0.25, -0.2) is 0 Å². The minimum atomic E-state index is -0.0125. The summed E-state index contributed by atoms with van der Waals surface area (Å²) in [5, 5.41) is 7.86. The van der Waals surface area contributed by atoms with Gasteiger partial charge in [-0.2, -0.15) is 0 Å². The Kier molecular flexibility index (Phi) is 4.88. The van der Waals surface area contributed by atoms with E-state index in [9.17, 15) is 0 Å². The van der Waals surface area contributed by atoms with Crippen LogP contribution in [0.1, 0.15) is 25.0 Å². The molecular formula is C45H30. The largest absolute Gasteiger partial charge is 0.0619 e. The molecule has 0 fully saturated rings. The summed E-state index contributed by atoms with van der Waals surface area (Å²) in [5.41, 5.74) is 16.0. The fourth-order valence-electron chi connectivity index (χ4n) is 8.43. The molecule has 0 unspecified atom stereocenters. The third kappa shape index (κ3) is 3.32. The van der Waals surface area contributed by atoms with Gasteiger partial charge in [0, 0.05) is 5.41 Å². The quantitative estimate of drug-likeness (QED) is 0.181. The van der Waals surface area contributed by atoms with Crippen LogP contribution in [0.15, 0.2) is 146 Å². The summed E-state index contributed by atoms with van der Waals surface area (Å²) in [4.78, 5) is 0. The first-order valence-electron chi connectivity index (χ1n) is 15.9. The highest BCUT2D eigenvalue weighted by atomic mass is 14.4. The van der Waals surface area contributed by atoms with Crippen LogP contribution in [0.4, 0.5) is 0 Å². The maximum Gasteiger partial charge on any atom is 0.0159 e. The van der Waals surface area contributed by atoms with Crippen molar-refractivity contribution in [2.75, 3.05) is 0 Å². The van der Waals surface area contributed by atoms with Crippen LogP contribution in [0.25, 0.3) is 88.0 Å². The smallest absolute Gasteiger partial charge is 0.0159 e. The minimum Gasteiger partial charge on any atom is -0.0619 e. The average Bonchev–Trinajstić information content (AvgIpc) is 3.54. The van der Waals surface area contributed by atoms with Gasteiger partial charge in [-0.15, -0.1) is 0 Å². The van der Waals surface area contributed by atoms with Crippen molar-refractivity contribution in [3.8, 4) is 55.6 Å². The molecule has 0 N–H and O–H groups in total. The highest BCUT2D eigenvalue weighted by Crippen LogP contribution is 2.51. The predicted octanol–water partition coefficient (Wildman–Crippen LogP) is 12.4. The van der Waals surface area contributed by atoms with Crippen LogP contribution in [-0.2, 0) is 5.41 Å². The van der Waals surface area contributed by atoms with E-state index in [4.69, 9.17) is 0 Å². The molecule has 0 atom stereocenters. The zero-order chi connectivity index (χ0) is 29.9. The van der Waals surface area contributed by atoms with E-state index in [1.54, 1.807) is 0 Å². The summed E-state index contributed by atoms with van der Waals surface area (Å²) >= 11 is 0. The molecule has 210 valence electrons. The Morgan fingerprint density at radius 2 is 0.911 bits per heavy atom. The zero-order valence-electron chi connectivity index (χ0n) is 25.4. The van der Waals surface area contributed by atoms with Crippen molar-refractivity contribution in [1.29, 1.82) is 0 Å². The Morgan fingerprint density at radius 3 is 1.76 bits per heavy atom. The van der Waals surface area contributed by atoms with Gasteiger partial charge >= 0.3 is 0 Å². The van der Waals surface area contributed by atoms with E-state index in [1.807, 2.05) is 0 Å². The Balaban J connectivity index is 1.16. The van der Waals surface area contributed by atoms with Crippen molar-refractivity contribution in [2.24, 2.45) is 0 Å². The van der Waals surface area contributed by atoms with E-state index in [2.05, 4.69) is 159 Å². The molecule has 2 aliphatic carbocycles. The lowest BCUT2D eigenvalue weighted by molar-refractivity contribution is 0.660. The molecule has 8 aromatic carbocycles. The molecule has 0 saturated carbocycles. The third-order valence-corrected chi connectivity index (χ3v) is 10.6. The van der Waals surface area contributed by atoms with E-state index in [0.717, 1.165) is 0 Å². The van der Waals surface area contributed by atoms with Crippen LogP contribution in [0.2, 0.25) is 0 Å². The molecular weight excluding hydrogens is 540 g/mol. The van der Waals surface area contributed by atoms with Gasteiger partial charge in [0.15, 0.2) is 0 Å². The van der Waals surface area contributed by atoms with Gasteiger partial charge in [0.1, 0.15) is 0 Å². The van der Waals surface area contributed by atoms with Gasteiger partial charge in [0.2, 0.25) is 0 Å². The first kappa shape index (κ1) is 24.9. The number of fused-ring (bicyclic) bond motifs is 9. The van der Waals surface area contributed by atoms with Crippen LogP contribution >= 0.6 is 0 Å². The second kappa shape index (κ2) is 8.80. The number of benzene rings is 8. The average molecular weight is 571 g/mol. The van der Waals surface area contributed by atoms with Crippen molar-refractivity contribution in [1.82, 2.24) is 0 Å². The Hall–Kier alpha value is -5.46. The van der Waals surface area contributed by atoms with E-state index in [1.165, 1.54) is 99.1 Å². The normalized spacial score (nSPS) is 13.7. The molecule has 0 spiro atoms. The zero-order valence-corrected chi connectivity index (χ0v) is 25.4. The molecule has 0 radical (unpaired) electrons. The molecule has 45 heavy (non-hydrogen) atoms. The van der Waals surface area contributed by atoms with Crippen molar-refractivity contribution < 1.29 is 0 Å². The Bertz CT molecular complexity index is 2530. The monoisotopic (exact) mass is 570 g/mol. The highest BCUT2D eigenvalue weighted by molar-refractivity contribution is 6.22. The summed E-state index contributed by atoms with van der Waals surface area (Å²) in [6, 6.07) is 54.6. The SMILES string of the molecule is CC1(C)c2ccccc2-c2ccc(-c3ccc4cc(-c5ccc6c7c(cccc57)-c5ccccc5-6)c5ccccc5c4c3)cc21. The fraction of sp³-hybridized carbons (Fsp3) is 0.0667. The maximum absolute atomic E-state index is 2.43. The number of rotatable bonds is 2. The van der Waals surface area contributed by atoms with Gasteiger partial charge in [-0.05, 0) is 117 Å². The lowest BCUT2D eigenvalue weighted by Gasteiger charge is -2.22. The second-order valence-corrected chi connectivity index (χ2v) is 13.3. The van der Waals surface area contributed by atoms with Gasteiger partial charge < -0.3 is 0 Å². The number of hydrogen-bond acceptors (Lipinski definition) is 0. The molecule has 0 nitrogen and oxygen atoms in total. The lowest BCUT2D eigenvalue weighted by Crippen LogP contribution is -2.14. The summed E-state index contributed by atoms with van der Waals surface area (Å²) in [5.74, 6) is 0. The van der Waals surface area contributed by atoms with Crippen molar-refractivity contribution in [3.63, 3.8) is 0 Å². The standard InChI is InChI=1S/C45H30/c1-45(2)42-17-8-7-14-35(42)36-21-20-28(26-43(36)45)27-18-19-29-25-41(33-13-6-5-12-32(33)40(29)24-27)34-22-23-39-31-11-4-3-10-30(31)37-15-9-16-38(34)44(37)39/h3-26H,1-2H3. The van der Waals surface area contributed by atoms with Gasteiger partial charge in [-0.3, -0.25) is 0 Å². The van der Waals surface area contributed by atoms with Crippen molar-refractivity contribution in [3.05, 3.63) is 157 Å². The summed E-state index contributed by atoms with van der Waals surface area (Å²) in [6.07, 6.45) is 0. The number of hydrogen-bond donors (Lipinski definition) is 0.